The highest BCUT2D eigenvalue weighted by molar-refractivity contribution is 9.10. The molecule has 0 aromatic heterocycles. The van der Waals surface area contributed by atoms with Crippen LogP contribution in [0.25, 0.3) is 0 Å². The largest absolute Gasteiger partial charge is 0.378 e. The summed E-state index contributed by atoms with van der Waals surface area (Å²) in [5, 5.41) is 0. The molecule has 0 saturated carbocycles. The van der Waals surface area contributed by atoms with E-state index in [1.165, 1.54) is 0 Å². The van der Waals surface area contributed by atoms with E-state index in [-0.39, 0.29) is 19.8 Å². The maximum Gasteiger partial charge on any atom is 0.189 e. The highest BCUT2D eigenvalue weighted by Gasteiger charge is 2.50. The minimum atomic E-state index is -3.40. The minimum absolute atomic E-state index is 0.0887. The second kappa shape index (κ2) is 4.10. The Hall–Kier alpha value is -0.430. The molecular weight excluding hydrogens is 294 g/mol. The van der Waals surface area contributed by atoms with Crippen molar-refractivity contribution in [2.45, 2.75) is 9.64 Å². The fourth-order valence-corrected chi connectivity index (χ4v) is 3.53. The number of halogens is 1. The lowest BCUT2D eigenvalue weighted by Gasteiger charge is -2.39. The van der Waals surface area contributed by atoms with Crippen LogP contribution in [0.15, 0.2) is 33.6 Å². The summed E-state index contributed by atoms with van der Waals surface area (Å²) in [6.45, 7) is 0.454. The molecule has 2 N–H and O–H groups in total. The molecule has 0 amide bonds. The summed E-state index contributed by atoms with van der Waals surface area (Å²) in [4.78, 5) is 0.296. The summed E-state index contributed by atoms with van der Waals surface area (Å²) in [7, 11) is -3.40. The van der Waals surface area contributed by atoms with Gasteiger partial charge in [-0.05, 0) is 24.3 Å². The molecule has 1 saturated heterocycles. The number of rotatable bonds is 3. The van der Waals surface area contributed by atoms with Gasteiger partial charge in [-0.25, -0.2) is 8.42 Å². The van der Waals surface area contributed by atoms with Crippen LogP contribution in [-0.2, 0) is 14.6 Å². The van der Waals surface area contributed by atoms with Crippen molar-refractivity contribution < 1.29 is 13.2 Å². The predicted molar refractivity (Wildman–Crippen MR) is 63.9 cm³/mol. The molecule has 0 radical (unpaired) electrons. The summed E-state index contributed by atoms with van der Waals surface area (Å²) in [6, 6.07) is 6.57. The number of ether oxygens (including phenoxy) is 1. The predicted octanol–water partition coefficient (Wildman–Crippen LogP) is 0.950. The Morgan fingerprint density at radius 1 is 1.31 bits per heavy atom. The first-order chi connectivity index (χ1) is 7.52. The average Bonchev–Trinajstić information content (AvgIpc) is 2.17. The molecule has 1 aromatic carbocycles. The third-order valence-electron chi connectivity index (χ3n) is 2.80. The zero-order chi connectivity index (χ0) is 11.8. The number of benzene rings is 1. The van der Waals surface area contributed by atoms with Gasteiger partial charge in [0, 0.05) is 11.0 Å². The number of sulfone groups is 1. The summed E-state index contributed by atoms with van der Waals surface area (Å²) in [5.74, 6) is 0. The van der Waals surface area contributed by atoms with Gasteiger partial charge in [0.15, 0.2) is 9.84 Å². The van der Waals surface area contributed by atoms with Gasteiger partial charge in [0.05, 0.1) is 18.1 Å². The van der Waals surface area contributed by atoms with Gasteiger partial charge in [-0.1, -0.05) is 15.9 Å². The lowest BCUT2D eigenvalue weighted by molar-refractivity contribution is -0.00924. The van der Waals surface area contributed by atoms with Crippen LogP contribution in [-0.4, -0.2) is 32.9 Å². The Labute approximate surface area is 103 Å². The Bertz CT molecular complexity index is 474. The van der Waals surface area contributed by atoms with Crippen molar-refractivity contribution in [3.05, 3.63) is 28.7 Å². The fraction of sp³-hybridized carbons (Fsp3) is 0.400. The van der Waals surface area contributed by atoms with Crippen molar-refractivity contribution in [2.24, 2.45) is 5.73 Å². The van der Waals surface area contributed by atoms with Crippen molar-refractivity contribution >= 4 is 25.8 Å². The van der Waals surface area contributed by atoms with Crippen LogP contribution in [0.2, 0.25) is 0 Å². The normalized spacial score (nSPS) is 19.1. The minimum Gasteiger partial charge on any atom is -0.378 e. The van der Waals surface area contributed by atoms with Gasteiger partial charge >= 0.3 is 0 Å². The Balaban J connectivity index is 2.42. The quantitative estimate of drug-likeness (QED) is 0.903. The average molecular weight is 306 g/mol. The Morgan fingerprint density at radius 2 is 1.88 bits per heavy atom. The molecule has 88 valence electrons. The van der Waals surface area contributed by atoms with Gasteiger partial charge in [-0.15, -0.1) is 0 Å². The van der Waals surface area contributed by atoms with Crippen LogP contribution in [0.1, 0.15) is 0 Å². The van der Waals surface area contributed by atoms with Gasteiger partial charge in [0.1, 0.15) is 4.75 Å². The smallest absolute Gasteiger partial charge is 0.189 e. The molecule has 0 bridgehead atoms. The Morgan fingerprint density at radius 3 is 2.25 bits per heavy atom. The third-order valence-corrected chi connectivity index (χ3v) is 5.76. The standard InChI is InChI=1S/C10H12BrNO3S/c11-8-1-3-9(4-2-8)16(13,14)10(5-12)6-15-7-10/h1-4H,5-7,12H2. The molecule has 1 aliphatic heterocycles. The topological polar surface area (TPSA) is 69.4 Å². The van der Waals surface area contributed by atoms with Crippen molar-refractivity contribution in [3.8, 4) is 0 Å². The molecule has 2 rings (SSSR count). The van der Waals surface area contributed by atoms with E-state index in [1.807, 2.05) is 0 Å². The molecule has 6 heteroatoms. The molecular formula is C10H12BrNO3S. The van der Waals surface area contributed by atoms with E-state index in [1.54, 1.807) is 24.3 Å². The molecule has 1 heterocycles. The van der Waals surface area contributed by atoms with Crippen LogP contribution in [0, 0.1) is 0 Å². The van der Waals surface area contributed by atoms with E-state index in [0.29, 0.717) is 4.90 Å². The second-order valence-corrected chi connectivity index (χ2v) is 7.10. The summed E-state index contributed by atoms with van der Waals surface area (Å²) in [6.07, 6.45) is 0. The summed E-state index contributed by atoms with van der Waals surface area (Å²) >= 11 is 3.27. The zero-order valence-corrected chi connectivity index (χ0v) is 10.9. The fourth-order valence-electron chi connectivity index (χ4n) is 1.58. The van der Waals surface area contributed by atoms with Gasteiger partial charge in [-0.2, -0.15) is 0 Å². The molecule has 0 aliphatic carbocycles. The van der Waals surface area contributed by atoms with Crippen molar-refractivity contribution in [3.63, 3.8) is 0 Å². The highest BCUT2D eigenvalue weighted by Crippen LogP contribution is 2.32. The molecule has 0 spiro atoms. The van der Waals surface area contributed by atoms with Crippen molar-refractivity contribution in [1.29, 1.82) is 0 Å². The van der Waals surface area contributed by atoms with Crippen LogP contribution in [0.4, 0.5) is 0 Å². The van der Waals surface area contributed by atoms with Crippen LogP contribution in [0.5, 0.6) is 0 Å². The zero-order valence-electron chi connectivity index (χ0n) is 8.52. The third kappa shape index (κ3) is 1.69. The SMILES string of the molecule is NCC1(S(=O)(=O)c2ccc(Br)cc2)COC1. The molecule has 0 unspecified atom stereocenters. The highest BCUT2D eigenvalue weighted by atomic mass is 79.9. The van der Waals surface area contributed by atoms with E-state index >= 15 is 0 Å². The van der Waals surface area contributed by atoms with Crippen molar-refractivity contribution in [1.82, 2.24) is 0 Å². The van der Waals surface area contributed by atoms with Crippen LogP contribution < -0.4 is 5.73 Å². The molecule has 1 fully saturated rings. The van der Waals surface area contributed by atoms with E-state index in [0.717, 1.165) is 4.47 Å². The van der Waals surface area contributed by atoms with Gasteiger partial charge in [0.25, 0.3) is 0 Å². The van der Waals surface area contributed by atoms with E-state index < -0.39 is 14.6 Å². The summed E-state index contributed by atoms with van der Waals surface area (Å²) < 4.78 is 29.5. The van der Waals surface area contributed by atoms with E-state index in [4.69, 9.17) is 10.5 Å². The van der Waals surface area contributed by atoms with Crippen LogP contribution in [0.3, 0.4) is 0 Å². The van der Waals surface area contributed by atoms with Crippen molar-refractivity contribution in [2.75, 3.05) is 19.8 Å². The maximum absolute atomic E-state index is 12.3. The molecule has 4 nitrogen and oxygen atoms in total. The molecule has 0 atom stereocenters. The Kier molecular flexibility index (Phi) is 3.09. The summed E-state index contributed by atoms with van der Waals surface area (Å²) in [5.41, 5.74) is 5.55. The van der Waals surface area contributed by atoms with Gasteiger partial charge in [-0.3, -0.25) is 0 Å². The van der Waals surface area contributed by atoms with Gasteiger partial charge in [0.2, 0.25) is 0 Å². The first-order valence-corrected chi connectivity index (χ1v) is 7.07. The lowest BCUT2D eigenvalue weighted by Crippen LogP contribution is -2.60. The maximum atomic E-state index is 12.3. The van der Waals surface area contributed by atoms with Crippen LogP contribution >= 0.6 is 15.9 Å². The number of nitrogens with two attached hydrogens (primary N) is 1. The molecule has 1 aromatic rings. The molecule has 16 heavy (non-hydrogen) atoms. The lowest BCUT2D eigenvalue weighted by atomic mass is 10.1. The first-order valence-electron chi connectivity index (χ1n) is 4.80. The van der Waals surface area contributed by atoms with E-state index in [9.17, 15) is 8.42 Å². The molecule has 1 aliphatic rings. The van der Waals surface area contributed by atoms with Gasteiger partial charge < -0.3 is 10.5 Å². The number of hydrogen-bond acceptors (Lipinski definition) is 4. The number of hydrogen-bond donors (Lipinski definition) is 1. The monoisotopic (exact) mass is 305 g/mol. The first kappa shape index (κ1) is 12.0. The van der Waals surface area contributed by atoms with E-state index in [2.05, 4.69) is 15.9 Å². The second-order valence-electron chi connectivity index (χ2n) is 3.84.